The molecular weight excluding hydrogens is 491 g/mol. The maximum atomic E-state index is 13.0. The number of hydrogen-bond donors (Lipinski definition) is 0. The van der Waals surface area contributed by atoms with E-state index in [1.165, 1.54) is 11.3 Å². The van der Waals surface area contributed by atoms with Crippen molar-refractivity contribution in [1.82, 2.24) is 14.9 Å². The molecule has 6 nitrogen and oxygen atoms in total. The van der Waals surface area contributed by atoms with Crippen LogP contribution in [0, 0.1) is 5.92 Å². The minimum Gasteiger partial charge on any atom is -0.460 e. The number of nitrogens with zero attached hydrogens (tertiary/aromatic N) is 3. The number of carbonyl (C=O) groups is 1. The molecule has 0 aliphatic carbocycles. The van der Waals surface area contributed by atoms with Gasteiger partial charge in [-0.1, -0.05) is 29.5 Å². The molecule has 0 spiro atoms. The third-order valence-corrected chi connectivity index (χ3v) is 7.87. The van der Waals surface area contributed by atoms with E-state index in [4.69, 9.17) is 9.47 Å². The molecule has 2 atom stereocenters. The number of rotatable bonds is 8. The van der Waals surface area contributed by atoms with Crippen molar-refractivity contribution >= 4 is 28.0 Å². The summed E-state index contributed by atoms with van der Waals surface area (Å²) in [5.74, 6) is 0.343. The van der Waals surface area contributed by atoms with Crippen molar-refractivity contribution in [2.45, 2.75) is 50.9 Å². The summed E-state index contributed by atoms with van der Waals surface area (Å²) in [4.78, 5) is 24.9. The highest BCUT2D eigenvalue weighted by Crippen LogP contribution is 2.32. The second kappa shape index (κ2) is 10.8. The van der Waals surface area contributed by atoms with Gasteiger partial charge < -0.3 is 9.47 Å². The zero-order valence-corrected chi connectivity index (χ0v) is 20.6. The van der Waals surface area contributed by atoms with Crippen molar-refractivity contribution in [3.8, 4) is 5.19 Å². The van der Waals surface area contributed by atoms with E-state index < -0.39 is 12.8 Å². The minimum atomic E-state index is -4.36. The van der Waals surface area contributed by atoms with Crippen LogP contribution in [0.4, 0.5) is 13.2 Å². The topological polar surface area (TPSA) is 64.6 Å². The Hall–Kier alpha value is -2.56. The molecule has 0 radical (unpaired) electrons. The molecule has 0 unspecified atom stereocenters. The quantitative estimate of drug-likeness (QED) is 0.369. The normalized spacial score (nSPS) is 20.9. The molecule has 4 heterocycles. The van der Waals surface area contributed by atoms with Gasteiger partial charge in [-0.15, -0.1) is 0 Å². The summed E-state index contributed by atoms with van der Waals surface area (Å²) in [6, 6.07) is 9.46. The van der Waals surface area contributed by atoms with Gasteiger partial charge in [-0.2, -0.15) is 13.2 Å². The lowest BCUT2D eigenvalue weighted by Gasteiger charge is -2.31. The van der Waals surface area contributed by atoms with Crippen molar-refractivity contribution in [1.29, 1.82) is 0 Å². The number of ether oxygens (including phenoxy) is 2. The number of alkyl halides is 3. The van der Waals surface area contributed by atoms with E-state index in [1.54, 1.807) is 6.20 Å². The Labute approximate surface area is 211 Å². The zero-order chi connectivity index (χ0) is 25.1. The first-order chi connectivity index (χ1) is 17.3. The van der Waals surface area contributed by atoms with Crippen LogP contribution in [0.15, 0.2) is 36.5 Å². The summed E-state index contributed by atoms with van der Waals surface area (Å²) in [6.07, 6.45) is 1.51. The molecule has 5 rings (SSSR count). The van der Waals surface area contributed by atoms with Crippen LogP contribution < -0.4 is 4.74 Å². The lowest BCUT2D eigenvalue weighted by molar-refractivity contribution is -0.153. The highest BCUT2D eigenvalue weighted by atomic mass is 32.1. The minimum absolute atomic E-state index is 0.0927. The van der Waals surface area contributed by atoms with E-state index in [-0.39, 0.29) is 23.0 Å². The van der Waals surface area contributed by atoms with Crippen molar-refractivity contribution in [3.63, 3.8) is 0 Å². The molecule has 0 bridgehead atoms. The summed E-state index contributed by atoms with van der Waals surface area (Å²) in [6.45, 7) is 1.57. The van der Waals surface area contributed by atoms with Gasteiger partial charge in [-0.25, -0.2) is 4.98 Å². The van der Waals surface area contributed by atoms with Crippen LogP contribution in [0.3, 0.4) is 0 Å². The van der Waals surface area contributed by atoms with E-state index in [0.717, 1.165) is 65.8 Å². The first-order valence-electron chi connectivity index (χ1n) is 12.2. The van der Waals surface area contributed by atoms with Crippen molar-refractivity contribution in [2.75, 3.05) is 26.3 Å². The average molecular weight is 520 g/mol. The summed E-state index contributed by atoms with van der Waals surface area (Å²) in [5, 5.41) is 0.985. The standard InChI is InChI=1S/C26H28F3N3O3S/c27-26(28,29)16-35-25-31-22-14-32(12-9-24(22)36-25)11-8-18-7-6-17(15-34-18)13-23(33)20-3-1-5-21-19(20)4-2-10-30-21/h1-5,10,17-18H,6-9,11-16H2/t17-,18-/m0/s1. The van der Waals surface area contributed by atoms with Gasteiger partial charge in [-0.05, 0) is 43.7 Å². The molecule has 0 saturated carbocycles. The van der Waals surface area contributed by atoms with Gasteiger partial charge in [-0.3, -0.25) is 14.7 Å². The fourth-order valence-corrected chi connectivity index (χ4v) is 5.83. The average Bonchev–Trinajstić information content (AvgIpc) is 3.29. The number of ketones is 1. The number of aromatic nitrogens is 2. The summed E-state index contributed by atoms with van der Waals surface area (Å²) in [7, 11) is 0. The number of benzene rings is 1. The Bertz CT molecular complexity index is 1200. The molecule has 10 heteroatoms. The number of hydrogen-bond acceptors (Lipinski definition) is 7. The van der Waals surface area contributed by atoms with E-state index in [2.05, 4.69) is 14.9 Å². The molecular formula is C26H28F3N3O3S. The van der Waals surface area contributed by atoms with E-state index in [9.17, 15) is 18.0 Å². The molecule has 2 aliphatic rings. The Morgan fingerprint density at radius 3 is 2.92 bits per heavy atom. The van der Waals surface area contributed by atoms with Crippen LogP contribution in [-0.2, 0) is 17.7 Å². The second-order valence-corrected chi connectivity index (χ2v) is 10.5. The Morgan fingerprint density at radius 1 is 1.22 bits per heavy atom. The second-order valence-electron chi connectivity index (χ2n) is 9.47. The predicted molar refractivity (Wildman–Crippen MR) is 130 cm³/mol. The molecule has 0 N–H and O–H groups in total. The number of thiazole rings is 1. The van der Waals surface area contributed by atoms with Crippen LogP contribution in [0.25, 0.3) is 10.9 Å². The smallest absolute Gasteiger partial charge is 0.422 e. The Morgan fingerprint density at radius 2 is 2.11 bits per heavy atom. The summed E-state index contributed by atoms with van der Waals surface area (Å²) in [5.41, 5.74) is 2.37. The van der Waals surface area contributed by atoms with Gasteiger partial charge >= 0.3 is 6.18 Å². The van der Waals surface area contributed by atoms with Crippen molar-refractivity contribution in [3.05, 3.63) is 52.7 Å². The van der Waals surface area contributed by atoms with Crippen LogP contribution >= 0.6 is 11.3 Å². The highest BCUT2D eigenvalue weighted by Gasteiger charge is 2.30. The summed E-state index contributed by atoms with van der Waals surface area (Å²) < 4.78 is 48.1. The van der Waals surface area contributed by atoms with Gasteiger partial charge in [0.2, 0.25) is 0 Å². The summed E-state index contributed by atoms with van der Waals surface area (Å²) >= 11 is 1.21. The SMILES string of the molecule is O=C(C[C@@H]1CC[C@@H](CCN2CCc3sc(OCC(F)(F)F)nc3C2)OC1)c1cccc2ncccc12. The third kappa shape index (κ3) is 6.22. The number of carbonyl (C=O) groups excluding carboxylic acids is 1. The number of fused-ring (bicyclic) bond motifs is 2. The van der Waals surface area contributed by atoms with Crippen molar-refractivity contribution < 1.29 is 27.4 Å². The molecule has 1 aromatic carbocycles. The van der Waals surface area contributed by atoms with Gasteiger partial charge in [0.15, 0.2) is 12.4 Å². The number of Topliss-reactive ketones (excluding diaryl/α,β-unsaturated/α-hetero) is 1. The van der Waals surface area contributed by atoms with Crippen LogP contribution in [0.2, 0.25) is 0 Å². The first kappa shape index (κ1) is 25.1. The number of halogens is 3. The van der Waals surface area contributed by atoms with E-state index in [1.807, 2.05) is 30.3 Å². The van der Waals surface area contributed by atoms with E-state index >= 15 is 0 Å². The van der Waals surface area contributed by atoms with Gasteiger partial charge in [0, 0.05) is 48.1 Å². The molecule has 2 aliphatic heterocycles. The lowest BCUT2D eigenvalue weighted by Crippen LogP contribution is -2.35. The maximum absolute atomic E-state index is 13.0. The van der Waals surface area contributed by atoms with Crippen LogP contribution in [0.5, 0.6) is 5.19 Å². The predicted octanol–water partition coefficient (Wildman–Crippen LogP) is 5.45. The van der Waals surface area contributed by atoms with Gasteiger partial charge in [0.05, 0.1) is 23.9 Å². The molecule has 0 amide bonds. The fourth-order valence-electron chi connectivity index (χ4n) is 4.92. The molecule has 1 saturated heterocycles. The zero-order valence-electron chi connectivity index (χ0n) is 19.8. The molecule has 1 fully saturated rings. The highest BCUT2D eigenvalue weighted by molar-refractivity contribution is 7.13. The maximum Gasteiger partial charge on any atom is 0.422 e. The molecule has 2 aromatic heterocycles. The first-order valence-corrected chi connectivity index (χ1v) is 13.0. The molecule has 192 valence electrons. The van der Waals surface area contributed by atoms with Crippen molar-refractivity contribution in [2.24, 2.45) is 5.92 Å². The molecule has 3 aromatic rings. The van der Waals surface area contributed by atoms with Crippen LogP contribution in [0.1, 0.15) is 46.6 Å². The largest absolute Gasteiger partial charge is 0.460 e. The molecule has 36 heavy (non-hydrogen) atoms. The van der Waals surface area contributed by atoms with Gasteiger partial charge in [0.1, 0.15) is 0 Å². The monoisotopic (exact) mass is 519 g/mol. The Balaban J connectivity index is 1.06. The number of pyridine rings is 1. The van der Waals surface area contributed by atoms with Gasteiger partial charge in [0.25, 0.3) is 5.19 Å². The van der Waals surface area contributed by atoms with Crippen LogP contribution in [-0.4, -0.2) is 59.2 Å². The third-order valence-electron chi connectivity index (χ3n) is 6.80. The van der Waals surface area contributed by atoms with E-state index in [0.29, 0.717) is 19.6 Å². The lowest BCUT2D eigenvalue weighted by atomic mass is 9.90. The Kier molecular flexibility index (Phi) is 7.55. The fraction of sp³-hybridized carbons (Fsp3) is 0.500.